The predicted octanol–water partition coefficient (Wildman–Crippen LogP) is 10.3. The molecule has 0 aliphatic carbocycles. The lowest BCUT2D eigenvalue weighted by atomic mass is 9.83. The lowest BCUT2D eigenvalue weighted by Crippen LogP contribution is -2.25. The third kappa shape index (κ3) is 4.34. The van der Waals surface area contributed by atoms with Crippen LogP contribution in [0.3, 0.4) is 0 Å². The molecule has 2 N–H and O–H groups in total. The summed E-state index contributed by atoms with van der Waals surface area (Å²) >= 11 is 0. The summed E-state index contributed by atoms with van der Waals surface area (Å²) < 4.78 is 0. The second kappa shape index (κ2) is 10.8. The summed E-state index contributed by atoms with van der Waals surface area (Å²) in [5.41, 5.74) is 7.30. The summed E-state index contributed by atoms with van der Waals surface area (Å²) in [5.74, 6) is 0. The van der Waals surface area contributed by atoms with Crippen molar-refractivity contribution in [3.63, 3.8) is 0 Å². The Morgan fingerprint density at radius 2 is 1.02 bits per heavy atom. The molecule has 0 fully saturated rings. The van der Waals surface area contributed by atoms with Crippen molar-refractivity contribution < 1.29 is 0 Å². The Kier molecular flexibility index (Phi) is 6.58. The van der Waals surface area contributed by atoms with E-state index in [0.29, 0.717) is 5.71 Å². The number of hydrogen-bond acceptors (Lipinski definition) is 2. The summed E-state index contributed by atoms with van der Waals surface area (Å²) in [5, 5.41) is 19.8. The molecule has 7 aromatic rings. The Labute approximate surface area is 246 Å². The van der Waals surface area contributed by atoms with Gasteiger partial charge in [0.1, 0.15) is 0 Å². The van der Waals surface area contributed by atoms with Crippen molar-refractivity contribution in [1.82, 2.24) is 5.32 Å². The van der Waals surface area contributed by atoms with Gasteiger partial charge in [-0.15, -0.1) is 0 Å². The zero-order valence-corrected chi connectivity index (χ0v) is 23.2. The Balaban J connectivity index is 1.46. The van der Waals surface area contributed by atoms with Crippen LogP contribution in [0.1, 0.15) is 17.2 Å². The predicted molar refractivity (Wildman–Crippen MR) is 179 cm³/mol. The van der Waals surface area contributed by atoms with Crippen LogP contribution in [-0.2, 0) is 0 Å². The van der Waals surface area contributed by atoms with E-state index in [2.05, 4.69) is 133 Å². The van der Waals surface area contributed by atoms with E-state index in [4.69, 9.17) is 0 Å². The molecule has 0 spiro atoms. The Hall–Kier alpha value is -5.47. The SMILES string of the molecule is C=CNC(C(=N)c1cccc2ccccc12)c1c2ccccc2c(-c2ccc(-c3ccccc3)cc2)c2ccccc12. The Bertz CT molecular complexity index is 2030. The number of hydrogen-bond donors (Lipinski definition) is 2. The van der Waals surface area contributed by atoms with E-state index < -0.39 is 6.04 Å². The fraction of sp³-hybridized carbons (Fsp3) is 0.0250. The van der Waals surface area contributed by atoms with Crippen molar-refractivity contribution in [2.75, 3.05) is 0 Å². The summed E-state index contributed by atoms with van der Waals surface area (Å²) in [7, 11) is 0. The molecule has 0 radical (unpaired) electrons. The molecule has 2 nitrogen and oxygen atoms in total. The quantitative estimate of drug-likeness (QED) is 0.154. The van der Waals surface area contributed by atoms with Gasteiger partial charge in [0.15, 0.2) is 0 Å². The van der Waals surface area contributed by atoms with Crippen LogP contribution in [0.15, 0.2) is 158 Å². The highest BCUT2D eigenvalue weighted by molar-refractivity contribution is 6.19. The van der Waals surface area contributed by atoms with Gasteiger partial charge in [0, 0.05) is 5.56 Å². The average molecular weight is 539 g/mol. The van der Waals surface area contributed by atoms with E-state index in [1.807, 2.05) is 24.3 Å². The van der Waals surface area contributed by atoms with E-state index in [1.165, 1.54) is 33.0 Å². The normalized spacial score (nSPS) is 11.9. The standard InChI is InChI=1S/C40H30N2/c1-2-42-40(39(41)36-22-12-16-29-15-6-7-17-31(29)36)38-34-20-10-8-18-32(34)37(33-19-9-11-21-35(33)38)30-25-23-28(24-26-30)27-13-4-3-5-14-27/h2-26,40-42H,1H2. The average Bonchev–Trinajstić information content (AvgIpc) is 3.06. The van der Waals surface area contributed by atoms with Gasteiger partial charge in [-0.2, -0.15) is 0 Å². The smallest absolute Gasteiger partial charge is 0.0946 e. The minimum absolute atomic E-state index is 0.391. The van der Waals surface area contributed by atoms with Gasteiger partial charge in [-0.05, 0) is 66.3 Å². The molecule has 0 bridgehead atoms. The first kappa shape index (κ1) is 25.5. The number of rotatable bonds is 7. The topological polar surface area (TPSA) is 35.9 Å². The lowest BCUT2D eigenvalue weighted by Gasteiger charge is -2.25. The van der Waals surface area contributed by atoms with E-state index in [1.54, 1.807) is 6.20 Å². The first-order chi connectivity index (χ1) is 20.7. The molecule has 0 amide bonds. The van der Waals surface area contributed by atoms with Crippen LogP contribution in [0.25, 0.3) is 54.6 Å². The maximum absolute atomic E-state index is 9.57. The molecular formula is C40H30N2. The van der Waals surface area contributed by atoms with Crippen LogP contribution in [0, 0.1) is 5.41 Å². The lowest BCUT2D eigenvalue weighted by molar-refractivity contribution is 0.804. The monoisotopic (exact) mass is 538 g/mol. The largest absolute Gasteiger partial charge is 0.379 e. The third-order valence-corrected chi connectivity index (χ3v) is 8.20. The first-order valence-electron chi connectivity index (χ1n) is 14.3. The van der Waals surface area contributed by atoms with Crippen molar-refractivity contribution >= 4 is 38.0 Å². The van der Waals surface area contributed by atoms with Crippen molar-refractivity contribution in [3.05, 3.63) is 169 Å². The molecule has 0 heterocycles. The van der Waals surface area contributed by atoms with Crippen LogP contribution in [0.2, 0.25) is 0 Å². The van der Waals surface area contributed by atoms with Gasteiger partial charge < -0.3 is 10.7 Å². The zero-order valence-electron chi connectivity index (χ0n) is 23.2. The molecule has 200 valence electrons. The highest BCUT2D eigenvalue weighted by atomic mass is 14.9. The van der Waals surface area contributed by atoms with Crippen LogP contribution in [0.5, 0.6) is 0 Å². The molecule has 0 saturated heterocycles. The van der Waals surface area contributed by atoms with Gasteiger partial charge in [-0.25, -0.2) is 0 Å². The minimum atomic E-state index is -0.391. The van der Waals surface area contributed by atoms with Gasteiger partial charge >= 0.3 is 0 Å². The van der Waals surface area contributed by atoms with Crippen molar-refractivity contribution in [2.45, 2.75) is 6.04 Å². The molecule has 2 heteroatoms. The van der Waals surface area contributed by atoms with Gasteiger partial charge in [0.05, 0.1) is 11.8 Å². The van der Waals surface area contributed by atoms with Crippen LogP contribution >= 0.6 is 0 Å². The second-order valence-corrected chi connectivity index (χ2v) is 10.6. The number of fused-ring (bicyclic) bond motifs is 3. The van der Waals surface area contributed by atoms with Gasteiger partial charge in [-0.3, -0.25) is 0 Å². The van der Waals surface area contributed by atoms with Crippen LogP contribution in [-0.4, -0.2) is 5.71 Å². The van der Waals surface area contributed by atoms with E-state index in [-0.39, 0.29) is 0 Å². The molecule has 0 aliphatic heterocycles. The molecule has 42 heavy (non-hydrogen) atoms. The molecule has 0 aromatic heterocycles. The second-order valence-electron chi connectivity index (χ2n) is 10.6. The molecule has 7 rings (SSSR count). The van der Waals surface area contributed by atoms with Crippen LogP contribution < -0.4 is 5.32 Å². The summed E-state index contributed by atoms with van der Waals surface area (Å²) in [4.78, 5) is 0. The van der Waals surface area contributed by atoms with Crippen molar-refractivity contribution in [3.8, 4) is 22.3 Å². The molecular weight excluding hydrogens is 508 g/mol. The molecule has 1 unspecified atom stereocenters. The van der Waals surface area contributed by atoms with E-state index in [0.717, 1.165) is 32.7 Å². The molecule has 0 aliphatic rings. The maximum Gasteiger partial charge on any atom is 0.0946 e. The van der Waals surface area contributed by atoms with Crippen molar-refractivity contribution in [1.29, 1.82) is 5.41 Å². The first-order valence-corrected chi connectivity index (χ1v) is 14.3. The third-order valence-electron chi connectivity index (χ3n) is 8.20. The molecule has 1 atom stereocenters. The zero-order chi connectivity index (χ0) is 28.5. The summed E-state index contributed by atoms with van der Waals surface area (Å²) in [6.45, 7) is 4.02. The molecule has 0 saturated carbocycles. The van der Waals surface area contributed by atoms with Gasteiger partial charge in [0.25, 0.3) is 0 Å². The fourth-order valence-corrected chi connectivity index (χ4v) is 6.29. The number of benzene rings is 7. The highest BCUT2D eigenvalue weighted by Crippen LogP contribution is 2.42. The number of nitrogens with one attached hydrogen (secondary N) is 2. The van der Waals surface area contributed by atoms with Gasteiger partial charge in [0.2, 0.25) is 0 Å². The van der Waals surface area contributed by atoms with Crippen molar-refractivity contribution in [2.24, 2.45) is 0 Å². The van der Waals surface area contributed by atoms with Gasteiger partial charge in [-0.1, -0.05) is 152 Å². The fourth-order valence-electron chi connectivity index (χ4n) is 6.29. The van der Waals surface area contributed by atoms with E-state index >= 15 is 0 Å². The Morgan fingerprint density at radius 1 is 0.524 bits per heavy atom. The Morgan fingerprint density at radius 3 is 1.67 bits per heavy atom. The van der Waals surface area contributed by atoms with Crippen LogP contribution in [0.4, 0.5) is 0 Å². The maximum atomic E-state index is 9.57. The molecule has 7 aromatic carbocycles. The highest BCUT2D eigenvalue weighted by Gasteiger charge is 2.25. The summed E-state index contributed by atoms with van der Waals surface area (Å²) in [6.07, 6.45) is 1.71. The summed E-state index contributed by atoms with van der Waals surface area (Å²) in [6, 6.07) is 50.6. The van der Waals surface area contributed by atoms with E-state index in [9.17, 15) is 5.41 Å². The minimum Gasteiger partial charge on any atom is -0.379 e.